The van der Waals surface area contributed by atoms with Crippen LogP contribution in [0.25, 0.3) is 16.7 Å². The molecule has 4 rings (SSSR count). The van der Waals surface area contributed by atoms with Crippen LogP contribution in [-0.4, -0.2) is 21.0 Å². The molecule has 2 heterocycles. The molecule has 0 aliphatic rings. The van der Waals surface area contributed by atoms with Crippen molar-refractivity contribution in [3.05, 3.63) is 69.7 Å². The summed E-state index contributed by atoms with van der Waals surface area (Å²) < 4.78 is 1.92. The first-order valence-corrected chi connectivity index (χ1v) is 10.4. The summed E-state index contributed by atoms with van der Waals surface area (Å²) in [5.74, 6) is -0.0470. The van der Waals surface area contributed by atoms with Gasteiger partial charge in [-0.25, -0.2) is 4.98 Å². The van der Waals surface area contributed by atoms with E-state index in [9.17, 15) is 10.1 Å². The van der Waals surface area contributed by atoms with Gasteiger partial charge in [0, 0.05) is 0 Å². The molecule has 4 aromatic rings. The molecule has 1 amide bonds. The smallest absolute Gasteiger partial charge is 0.234 e. The molecule has 2 aromatic carbocycles. The molecule has 0 spiro atoms. The van der Waals surface area contributed by atoms with Crippen molar-refractivity contribution >= 4 is 63.2 Å². The molecule has 8 heteroatoms. The van der Waals surface area contributed by atoms with Crippen LogP contribution in [0.3, 0.4) is 0 Å². The van der Waals surface area contributed by atoms with Gasteiger partial charge in [-0.15, -0.1) is 0 Å². The van der Waals surface area contributed by atoms with Crippen LogP contribution in [0.15, 0.2) is 53.6 Å². The van der Waals surface area contributed by atoms with Crippen LogP contribution >= 0.6 is 35.0 Å². The van der Waals surface area contributed by atoms with Gasteiger partial charge in [0.2, 0.25) is 5.91 Å². The average Bonchev–Trinajstić information content (AvgIpc) is 3.09. The molecule has 5 nitrogen and oxygen atoms in total. The Morgan fingerprint density at radius 2 is 2.03 bits per heavy atom. The number of hydrogen-bond acceptors (Lipinski definition) is 4. The number of halogens is 2. The molecule has 0 fully saturated rings. The van der Waals surface area contributed by atoms with Crippen LogP contribution in [0.2, 0.25) is 10.0 Å². The molecule has 144 valence electrons. The van der Waals surface area contributed by atoms with Crippen LogP contribution in [0.4, 0.5) is 5.69 Å². The minimum atomic E-state index is -0.209. The highest BCUT2D eigenvalue weighted by Crippen LogP contribution is 2.31. The average molecular weight is 441 g/mol. The molecule has 0 saturated carbocycles. The molecule has 0 unspecified atom stereocenters. The number of amides is 1. The standard InChI is InChI=1S/C21H14Cl2N4OS/c1-12-9-19(29-11-18(28)25-16-7-4-5-14(22)20(16)23)27-17-8-3-2-6-15(17)26-21(27)13(12)10-24/h2-9H,11H2,1H3,(H,25,28). The normalized spacial score (nSPS) is 11.0. The number of rotatable bonds is 4. The van der Waals surface area contributed by atoms with Gasteiger partial charge in [-0.3, -0.25) is 9.20 Å². The summed E-state index contributed by atoms with van der Waals surface area (Å²) >= 11 is 13.5. The van der Waals surface area contributed by atoms with Gasteiger partial charge in [-0.2, -0.15) is 5.26 Å². The van der Waals surface area contributed by atoms with Gasteiger partial charge in [0.25, 0.3) is 0 Å². The molecule has 0 aliphatic heterocycles. The molecule has 0 bridgehead atoms. The van der Waals surface area contributed by atoms with Crippen LogP contribution < -0.4 is 5.32 Å². The van der Waals surface area contributed by atoms with Crippen molar-refractivity contribution in [2.45, 2.75) is 11.9 Å². The maximum atomic E-state index is 12.5. The molecule has 29 heavy (non-hydrogen) atoms. The second kappa shape index (κ2) is 7.96. The first-order chi connectivity index (χ1) is 14.0. The Hall–Kier alpha value is -2.72. The number of carbonyl (C=O) groups is 1. The van der Waals surface area contributed by atoms with Gasteiger partial charge in [0.1, 0.15) is 6.07 Å². The van der Waals surface area contributed by atoms with E-state index in [1.807, 2.05) is 41.7 Å². The number of fused-ring (bicyclic) bond motifs is 3. The van der Waals surface area contributed by atoms with Gasteiger partial charge < -0.3 is 5.32 Å². The van der Waals surface area contributed by atoms with E-state index in [1.165, 1.54) is 11.8 Å². The second-order valence-corrected chi connectivity index (χ2v) is 8.13. The van der Waals surface area contributed by atoms with Crippen LogP contribution in [0.1, 0.15) is 11.1 Å². The van der Waals surface area contributed by atoms with E-state index in [0.717, 1.165) is 21.6 Å². The van der Waals surface area contributed by atoms with Crippen molar-refractivity contribution in [3.8, 4) is 6.07 Å². The third-order valence-electron chi connectivity index (χ3n) is 4.43. The number of para-hydroxylation sites is 2. The van der Waals surface area contributed by atoms with E-state index in [2.05, 4.69) is 16.4 Å². The maximum absolute atomic E-state index is 12.5. The minimum Gasteiger partial charge on any atom is -0.324 e. The summed E-state index contributed by atoms with van der Waals surface area (Å²) in [4.78, 5) is 17.1. The zero-order valence-corrected chi connectivity index (χ0v) is 17.6. The second-order valence-electron chi connectivity index (χ2n) is 6.35. The Morgan fingerprint density at radius 3 is 2.83 bits per heavy atom. The monoisotopic (exact) mass is 440 g/mol. The molecule has 0 atom stereocenters. The fraction of sp³-hybridized carbons (Fsp3) is 0.0952. The van der Waals surface area contributed by atoms with Gasteiger partial charge in [-0.05, 0) is 42.8 Å². The number of nitriles is 1. The summed E-state index contributed by atoms with van der Waals surface area (Å²) in [5.41, 5.74) is 4.09. The Morgan fingerprint density at radius 1 is 1.24 bits per heavy atom. The predicted octanol–water partition coefficient (Wildman–Crippen LogP) is 5.71. The summed E-state index contributed by atoms with van der Waals surface area (Å²) in [7, 11) is 0. The molecule has 1 N–H and O–H groups in total. The number of aryl methyl sites for hydroxylation is 1. The zero-order chi connectivity index (χ0) is 20.5. The minimum absolute atomic E-state index is 0.162. The molecule has 2 aromatic heterocycles. The highest BCUT2D eigenvalue weighted by Gasteiger charge is 2.16. The Balaban J connectivity index is 1.67. The topological polar surface area (TPSA) is 70.2 Å². The van der Waals surface area contributed by atoms with Crippen molar-refractivity contribution in [1.82, 2.24) is 9.38 Å². The van der Waals surface area contributed by atoms with Crippen molar-refractivity contribution in [1.29, 1.82) is 5.26 Å². The van der Waals surface area contributed by atoms with Gasteiger partial charge in [-0.1, -0.05) is 53.2 Å². The number of pyridine rings is 1. The van der Waals surface area contributed by atoms with Crippen LogP contribution in [-0.2, 0) is 4.79 Å². The number of carbonyl (C=O) groups excluding carboxylic acids is 1. The van der Waals surface area contributed by atoms with E-state index >= 15 is 0 Å². The maximum Gasteiger partial charge on any atom is 0.234 e. The summed E-state index contributed by atoms with van der Waals surface area (Å²) in [6.45, 7) is 1.87. The highest BCUT2D eigenvalue weighted by atomic mass is 35.5. The summed E-state index contributed by atoms with van der Waals surface area (Å²) in [6, 6.07) is 16.9. The predicted molar refractivity (Wildman–Crippen MR) is 118 cm³/mol. The van der Waals surface area contributed by atoms with E-state index in [1.54, 1.807) is 18.2 Å². The lowest BCUT2D eigenvalue weighted by Gasteiger charge is -2.11. The van der Waals surface area contributed by atoms with E-state index < -0.39 is 0 Å². The zero-order valence-electron chi connectivity index (χ0n) is 15.2. The van der Waals surface area contributed by atoms with E-state index in [-0.39, 0.29) is 11.7 Å². The quantitative estimate of drug-likeness (QED) is 0.412. The van der Waals surface area contributed by atoms with E-state index in [0.29, 0.717) is 26.9 Å². The number of aromatic nitrogens is 2. The van der Waals surface area contributed by atoms with Crippen molar-refractivity contribution < 1.29 is 4.79 Å². The van der Waals surface area contributed by atoms with Gasteiger partial charge >= 0.3 is 0 Å². The van der Waals surface area contributed by atoms with Gasteiger partial charge in [0.05, 0.1) is 43.1 Å². The Kier molecular flexibility index (Phi) is 5.37. The van der Waals surface area contributed by atoms with Crippen LogP contribution in [0.5, 0.6) is 0 Å². The molecular formula is C21H14Cl2N4OS. The Labute approximate surface area is 181 Å². The van der Waals surface area contributed by atoms with E-state index in [4.69, 9.17) is 23.2 Å². The third kappa shape index (κ3) is 3.65. The SMILES string of the molecule is Cc1cc(SCC(=O)Nc2cccc(Cl)c2Cl)n2c(nc3ccccc32)c1C#N. The molecule has 0 saturated heterocycles. The molecule has 0 radical (unpaired) electrons. The lowest BCUT2D eigenvalue weighted by Crippen LogP contribution is -2.14. The first kappa shape index (κ1) is 19.6. The molecular weight excluding hydrogens is 427 g/mol. The number of nitrogens with one attached hydrogen (secondary N) is 1. The third-order valence-corrected chi connectivity index (χ3v) is 6.25. The van der Waals surface area contributed by atoms with Crippen molar-refractivity contribution in [2.75, 3.05) is 11.1 Å². The number of hydrogen-bond donors (Lipinski definition) is 1. The summed E-state index contributed by atoms with van der Waals surface area (Å²) in [5, 5.41) is 13.9. The number of nitrogens with zero attached hydrogens (tertiary/aromatic N) is 3. The molecule has 0 aliphatic carbocycles. The number of thioether (sulfide) groups is 1. The number of benzene rings is 2. The first-order valence-electron chi connectivity index (χ1n) is 8.67. The van der Waals surface area contributed by atoms with Crippen molar-refractivity contribution in [2.24, 2.45) is 0 Å². The fourth-order valence-corrected chi connectivity index (χ4v) is 4.36. The summed E-state index contributed by atoms with van der Waals surface area (Å²) in [6.07, 6.45) is 0. The number of imidazole rings is 1. The Bertz CT molecular complexity index is 1310. The number of anilines is 1. The van der Waals surface area contributed by atoms with Gasteiger partial charge in [0.15, 0.2) is 5.65 Å². The largest absolute Gasteiger partial charge is 0.324 e. The highest BCUT2D eigenvalue weighted by molar-refractivity contribution is 7.99. The lowest BCUT2D eigenvalue weighted by molar-refractivity contribution is -0.113. The van der Waals surface area contributed by atoms with Crippen molar-refractivity contribution in [3.63, 3.8) is 0 Å². The van der Waals surface area contributed by atoms with Crippen LogP contribution in [0, 0.1) is 18.3 Å². The lowest BCUT2D eigenvalue weighted by atomic mass is 10.2. The fourth-order valence-electron chi connectivity index (χ4n) is 3.09.